The lowest BCUT2D eigenvalue weighted by molar-refractivity contribution is -0.139. The SMILES string of the molecule is CCCNC(=O)[C@H](C)N(Cc1ccccc1Cl)C(=O)CN(c1ccccc1)S(=O)(=O)c1ccc(OCC)cc1. The molecule has 0 fully saturated rings. The van der Waals surface area contributed by atoms with Crippen LogP contribution in [0.3, 0.4) is 0 Å². The van der Waals surface area contributed by atoms with E-state index in [0.717, 1.165) is 10.7 Å². The third-order valence-corrected chi connectivity index (χ3v) is 8.22. The number of hydrogen-bond donors (Lipinski definition) is 1. The van der Waals surface area contributed by atoms with Gasteiger partial charge in [-0.1, -0.05) is 54.9 Å². The standard InChI is InChI=1S/C29H34ClN3O5S/c1-4-19-31-29(35)22(3)32(20-23-11-9-10-14-27(23)30)28(34)21-33(24-12-7-6-8-13-24)39(36,37)26-17-15-25(16-18-26)38-5-2/h6-18,22H,4-5,19-21H2,1-3H3,(H,31,35)/t22-/m0/s1. The number of anilines is 1. The van der Waals surface area contributed by atoms with Gasteiger partial charge in [0.2, 0.25) is 11.8 Å². The molecule has 0 bridgehead atoms. The van der Waals surface area contributed by atoms with Gasteiger partial charge in [0.15, 0.2) is 0 Å². The van der Waals surface area contributed by atoms with Crippen LogP contribution in [-0.2, 0) is 26.2 Å². The van der Waals surface area contributed by atoms with Crippen LogP contribution in [-0.4, -0.2) is 50.9 Å². The molecule has 3 aromatic carbocycles. The Labute approximate surface area is 235 Å². The number of benzene rings is 3. The van der Waals surface area contributed by atoms with Crippen molar-refractivity contribution in [1.29, 1.82) is 0 Å². The number of nitrogens with zero attached hydrogens (tertiary/aromatic N) is 2. The maximum Gasteiger partial charge on any atom is 0.264 e. The predicted octanol–water partition coefficient (Wildman–Crippen LogP) is 4.88. The molecule has 0 spiro atoms. The number of para-hydroxylation sites is 1. The number of halogens is 1. The summed E-state index contributed by atoms with van der Waals surface area (Å²) >= 11 is 6.38. The second kappa shape index (κ2) is 14.0. The molecule has 0 heterocycles. The molecule has 0 unspecified atom stereocenters. The van der Waals surface area contributed by atoms with Gasteiger partial charge >= 0.3 is 0 Å². The van der Waals surface area contributed by atoms with Crippen molar-refractivity contribution in [2.45, 2.75) is 44.7 Å². The van der Waals surface area contributed by atoms with Crippen LogP contribution in [0.4, 0.5) is 5.69 Å². The van der Waals surface area contributed by atoms with Crippen LogP contribution in [0.25, 0.3) is 0 Å². The topological polar surface area (TPSA) is 96.0 Å². The fraction of sp³-hybridized carbons (Fsp3) is 0.310. The maximum atomic E-state index is 13.9. The molecule has 1 N–H and O–H groups in total. The van der Waals surface area contributed by atoms with Gasteiger partial charge in [-0.15, -0.1) is 0 Å². The summed E-state index contributed by atoms with van der Waals surface area (Å²) in [7, 11) is -4.15. The molecule has 3 aromatic rings. The van der Waals surface area contributed by atoms with E-state index in [-0.39, 0.29) is 17.3 Å². The van der Waals surface area contributed by atoms with E-state index in [2.05, 4.69) is 5.32 Å². The highest BCUT2D eigenvalue weighted by Gasteiger charge is 2.32. The molecular formula is C29H34ClN3O5S. The number of sulfonamides is 1. The summed E-state index contributed by atoms with van der Waals surface area (Å²) in [5.41, 5.74) is 0.962. The third-order valence-electron chi connectivity index (χ3n) is 6.06. The minimum atomic E-state index is -4.15. The Morgan fingerprint density at radius 2 is 1.59 bits per heavy atom. The highest BCUT2D eigenvalue weighted by Crippen LogP contribution is 2.26. The van der Waals surface area contributed by atoms with E-state index in [0.29, 0.717) is 35.2 Å². The highest BCUT2D eigenvalue weighted by molar-refractivity contribution is 7.92. The van der Waals surface area contributed by atoms with Gasteiger partial charge in [-0.25, -0.2) is 8.42 Å². The summed E-state index contributed by atoms with van der Waals surface area (Å²) in [6, 6.07) is 20.6. The third kappa shape index (κ3) is 7.74. The first kappa shape index (κ1) is 30.0. The van der Waals surface area contributed by atoms with Crippen LogP contribution in [0.1, 0.15) is 32.8 Å². The van der Waals surface area contributed by atoms with Crippen LogP contribution < -0.4 is 14.4 Å². The minimum Gasteiger partial charge on any atom is -0.494 e. The normalized spacial score (nSPS) is 11.9. The lowest BCUT2D eigenvalue weighted by atomic mass is 10.1. The van der Waals surface area contributed by atoms with E-state index in [1.807, 2.05) is 13.8 Å². The molecule has 0 aliphatic rings. The second-order valence-electron chi connectivity index (χ2n) is 8.83. The summed E-state index contributed by atoms with van der Waals surface area (Å²) in [6.07, 6.45) is 0.735. The van der Waals surface area contributed by atoms with E-state index in [1.54, 1.807) is 73.7 Å². The average molecular weight is 572 g/mol. The zero-order valence-electron chi connectivity index (χ0n) is 22.3. The van der Waals surface area contributed by atoms with E-state index in [4.69, 9.17) is 16.3 Å². The molecule has 0 aliphatic heterocycles. The fourth-order valence-corrected chi connectivity index (χ4v) is 5.52. The van der Waals surface area contributed by atoms with Crippen LogP contribution >= 0.6 is 11.6 Å². The van der Waals surface area contributed by atoms with Crippen molar-refractivity contribution in [3.05, 3.63) is 89.4 Å². The summed E-state index contributed by atoms with van der Waals surface area (Å²) < 4.78 is 34.2. The molecule has 10 heteroatoms. The van der Waals surface area contributed by atoms with Crippen molar-refractivity contribution < 1.29 is 22.7 Å². The Morgan fingerprint density at radius 1 is 0.949 bits per heavy atom. The van der Waals surface area contributed by atoms with Crippen molar-refractivity contribution in [1.82, 2.24) is 10.2 Å². The van der Waals surface area contributed by atoms with Crippen molar-refractivity contribution in [2.75, 3.05) is 24.0 Å². The van der Waals surface area contributed by atoms with Crippen molar-refractivity contribution >= 4 is 39.1 Å². The molecule has 3 rings (SSSR count). The molecule has 39 heavy (non-hydrogen) atoms. The number of rotatable bonds is 13. The molecule has 0 saturated heterocycles. The van der Waals surface area contributed by atoms with Crippen LogP contribution in [0.2, 0.25) is 5.02 Å². The molecule has 0 saturated carbocycles. The van der Waals surface area contributed by atoms with Gasteiger partial charge in [-0.3, -0.25) is 13.9 Å². The molecule has 2 amide bonds. The highest BCUT2D eigenvalue weighted by atomic mass is 35.5. The van der Waals surface area contributed by atoms with Gasteiger partial charge in [0.1, 0.15) is 18.3 Å². The van der Waals surface area contributed by atoms with Gasteiger partial charge in [-0.05, 0) is 68.3 Å². The van der Waals surface area contributed by atoms with Crippen molar-refractivity contribution in [3.63, 3.8) is 0 Å². The Bertz CT molecular complexity index is 1350. The maximum absolute atomic E-state index is 13.9. The first-order valence-electron chi connectivity index (χ1n) is 12.8. The second-order valence-corrected chi connectivity index (χ2v) is 11.1. The smallest absolute Gasteiger partial charge is 0.264 e. The molecule has 1 atom stereocenters. The molecular weight excluding hydrogens is 538 g/mol. The summed E-state index contributed by atoms with van der Waals surface area (Å²) in [5.74, 6) is -0.345. The fourth-order valence-electron chi connectivity index (χ4n) is 3.91. The summed E-state index contributed by atoms with van der Waals surface area (Å²) in [6.45, 7) is 5.81. The molecule has 8 nitrogen and oxygen atoms in total. The Morgan fingerprint density at radius 3 is 2.21 bits per heavy atom. The van der Waals surface area contributed by atoms with E-state index in [1.165, 1.54) is 17.0 Å². The monoisotopic (exact) mass is 571 g/mol. The van der Waals surface area contributed by atoms with Crippen molar-refractivity contribution in [3.8, 4) is 5.75 Å². The minimum absolute atomic E-state index is 0.00833. The van der Waals surface area contributed by atoms with Crippen LogP contribution in [0.5, 0.6) is 5.75 Å². The zero-order valence-corrected chi connectivity index (χ0v) is 23.9. The lowest BCUT2D eigenvalue weighted by Crippen LogP contribution is -2.51. The zero-order chi connectivity index (χ0) is 28.4. The predicted molar refractivity (Wildman–Crippen MR) is 153 cm³/mol. The first-order valence-corrected chi connectivity index (χ1v) is 14.6. The van der Waals surface area contributed by atoms with Crippen LogP contribution in [0, 0.1) is 0 Å². The Kier molecular flexibility index (Phi) is 10.8. The van der Waals surface area contributed by atoms with Crippen molar-refractivity contribution in [2.24, 2.45) is 0 Å². The van der Waals surface area contributed by atoms with Gasteiger partial charge in [0.25, 0.3) is 10.0 Å². The van der Waals surface area contributed by atoms with Gasteiger partial charge < -0.3 is 15.0 Å². The number of ether oxygens (including phenoxy) is 1. The number of nitrogens with one attached hydrogen (secondary N) is 1. The van der Waals surface area contributed by atoms with E-state index < -0.39 is 28.5 Å². The quantitative estimate of drug-likeness (QED) is 0.315. The molecule has 0 radical (unpaired) electrons. The molecule has 0 aromatic heterocycles. The number of carbonyl (C=O) groups is 2. The molecule has 208 valence electrons. The van der Waals surface area contributed by atoms with Gasteiger partial charge in [-0.2, -0.15) is 0 Å². The molecule has 0 aliphatic carbocycles. The van der Waals surface area contributed by atoms with Crippen LogP contribution in [0.15, 0.2) is 83.8 Å². The lowest BCUT2D eigenvalue weighted by Gasteiger charge is -2.32. The number of hydrogen-bond acceptors (Lipinski definition) is 5. The van der Waals surface area contributed by atoms with Gasteiger partial charge in [0, 0.05) is 18.1 Å². The first-order chi connectivity index (χ1) is 18.7. The number of carbonyl (C=O) groups excluding carboxylic acids is 2. The Hall–Kier alpha value is -3.56. The Balaban J connectivity index is 1.99. The summed E-state index contributed by atoms with van der Waals surface area (Å²) in [4.78, 5) is 28.1. The van der Waals surface area contributed by atoms with Gasteiger partial charge in [0.05, 0.1) is 17.2 Å². The van der Waals surface area contributed by atoms with E-state index in [9.17, 15) is 18.0 Å². The van der Waals surface area contributed by atoms with E-state index >= 15 is 0 Å². The summed E-state index contributed by atoms with van der Waals surface area (Å²) in [5, 5.41) is 3.26. The number of amides is 2. The largest absolute Gasteiger partial charge is 0.494 e. The average Bonchev–Trinajstić information content (AvgIpc) is 2.94.